The summed E-state index contributed by atoms with van der Waals surface area (Å²) in [5.41, 5.74) is 2.83. The molecule has 1 aliphatic heterocycles. The van der Waals surface area contributed by atoms with Crippen LogP contribution in [-0.4, -0.2) is 31.6 Å². The summed E-state index contributed by atoms with van der Waals surface area (Å²) >= 11 is 0. The van der Waals surface area contributed by atoms with E-state index in [4.69, 9.17) is 0 Å². The van der Waals surface area contributed by atoms with E-state index in [9.17, 15) is 9.59 Å². The molecule has 1 fully saturated rings. The first-order valence-electron chi connectivity index (χ1n) is 9.92. The highest BCUT2D eigenvalue weighted by atomic mass is 16.2. The van der Waals surface area contributed by atoms with Crippen LogP contribution in [0.15, 0.2) is 54.6 Å². The maximum atomic E-state index is 12.7. The van der Waals surface area contributed by atoms with Crippen LogP contribution in [0.5, 0.6) is 0 Å². The van der Waals surface area contributed by atoms with Gasteiger partial charge in [0.15, 0.2) is 0 Å². The first-order chi connectivity index (χ1) is 13.7. The molecule has 28 heavy (non-hydrogen) atoms. The van der Waals surface area contributed by atoms with Crippen LogP contribution in [0.4, 0.5) is 16.2 Å². The number of imide groups is 1. The third kappa shape index (κ3) is 5.25. The van der Waals surface area contributed by atoms with Gasteiger partial charge < -0.3 is 15.5 Å². The lowest BCUT2D eigenvalue weighted by atomic mass is 10.1. The lowest BCUT2D eigenvalue weighted by molar-refractivity contribution is -0.120. The minimum atomic E-state index is -0.662. The van der Waals surface area contributed by atoms with Gasteiger partial charge in [0.2, 0.25) is 0 Å². The number of benzene rings is 2. The number of anilines is 2. The first kappa shape index (κ1) is 19.7. The Kier molecular flexibility index (Phi) is 6.89. The second-order valence-electron chi connectivity index (χ2n) is 6.93. The van der Waals surface area contributed by atoms with E-state index >= 15 is 0 Å². The monoisotopic (exact) mass is 380 g/mol. The fourth-order valence-electron chi connectivity index (χ4n) is 3.42. The molecule has 2 aromatic rings. The van der Waals surface area contributed by atoms with E-state index in [0.29, 0.717) is 6.54 Å². The second kappa shape index (κ2) is 9.78. The normalized spacial score (nSPS) is 14.8. The zero-order valence-corrected chi connectivity index (χ0v) is 16.3. The van der Waals surface area contributed by atoms with Gasteiger partial charge in [-0.25, -0.2) is 4.79 Å². The molecule has 0 aromatic heterocycles. The van der Waals surface area contributed by atoms with Crippen molar-refractivity contribution in [3.05, 3.63) is 60.2 Å². The summed E-state index contributed by atoms with van der Waals surface area (Å²) in [6.07, 6.45) is 3.77. The van der Waals surface area contributed by atoms with Gasteiger partial charge in [0.25, 0.3) is 5.91 Å². The van der Waals surface area contributed by atoms with Gasteiger partial charge in [0.1, 0.15) is 6.04 Å². The molecule has 0 unspecified atom stereocenters. The standard InChI is InChI=1S/C22H28N4O2/c1-2-23-22(28)25-21(27)20(17-9-5-3-6-10-17)24-18-11-13-19(14-12-18)26-15-7-4-8-16-26/h3,5-6,9-14,20,24H,2,4,7-8,15-16H2,1H3,(H2,23,25,27,28)/t20-/m1/s1. The predicted octanol–water partition coefficient (Wildman–Crippen LogP) is 3.68. The Bertz CT molecular complexity index is 771. The van der Waals surface area contributed by atoms with Crippen LogP contribution in [-0.2, 0) is 4.79 Å². The van der Waals surface area contributed by atoms with Crippen LogP contribution in [0.1, 0.15) is 37.8 Å². The number of amides is 3. The number of nitrogens with one attached hydrogen (secondary N) is 3. The van der Waals surface area contributed by atoms with Gasteiger partial charge in [-0.15, -0.1) is 0 Å². The zero-order valence-electron chi connectivity index (χ0n) is 16.3. The maximum Gasteiger partial charge on any atom is 0.321 e. The SMILES string of the molecule is CCNC(=O)NC(=O)[C@H](Nc1ccc(N2CCCCC2)cc1)c1ccccc1. The molecule has 1 heterocycles. The Morgan fingerprint density at radius 1 is 0.964 bits per heavy atom. The number of rotatable bonds is 6. The van der Waals surface area contributed by atoms with E-state index < -0.39 is 18.0 Å². The number of piperidine rings is 1. The van der Waals surface area contributed by atoms with Gasteiger partial charge in [0.05, 0.1) is 0 Å². The summed E-state index contributed by atoms with van der Waals surface area (Å²) in [4.78, 5) is 26.9. The lowest BCUT2D eigenvalue weighted by Crippen LogP contribution is -2.43. The van der Waals surface area contributed by atoms with E-state index in [1.165, 1.54) is 24.9 Å². The van der Waals surface area contributed by atoms with Gasteiger partial charge in [-0.3, -0.25) is 10.1 Å². The highest BCUT2D eigenvalue weighted by Crippen LogP contribution is 2.24. The Hall–Kier alpha value is -3.02. The molecule has 3 rings (SSSR count). The van der Waals surface area contributed by atoms with Crippen LogP contribution in [0.3, 0.4) is 0 Å². The number of hydrogen-bond donors (Lipinski definition) is 3. The summed E-state index contributed by atoms with van der Waals surface area (Å²) in [5.74, 6) is -0.391. The van der Waals surface area contributed by atoms with Crippen LogP contribution < -0.4 is 20.9 Å². The number of carbonyl (C=O) groups excluding carboxylic acids is 2. The van der Waals surface area contributed by atoms with Gasteiger partial charge in [-0.1, -0.05) is 30.3 Å². The highest BCUT2D eigenvalue weighted by molar-refractivity contribution is 5.98. The molecule has 6 nitrogen and oxygen atoms in total. The third-order valence-corrected chi connectivity index (χ3v) is 4.87. The summed E-state index contributed by atoms with van der Waals surface area (Å²) in [6, 6.07) is 16.4. The van der Waals surface area contributed by atoms with Crippen molar-refractivity contribution in [2.45, 2.75) is 32.2 Å². The van der Waals surface area contributed by atoms with Crippen molar-refractivity contribution in [3.63, 3.8) is 0 Å². The van der Waals surface area contributed by atoms with E-state index in [0.717, 1.165) is 24.3 Å². The van der Waals surface area contributed by atoms with Crippen LogP contribution in [0.2, 0.25) is 0 Å². The third-order valence-electron chi connectivity index (χ3n) is 4.87. The molecule has 0 saturated carbocycles. The molecule has 0 radical (unpaired) electrons. The summed E-state index contributed by atoms with van der Waals surface area (Å²) in [7, 11) is 0. The molecule has 1 saturated heterocycles. The number of nitrogens with zero attached hydrogens (tertiary/aromatic N) is 1. The predicted molar refractivity (Wildman–Crippen MR) is 113 cm³/mol. The maximum absolute atomic E-state index is 12.7. The van der Waals surface area contributed by atoms with Crippen molar-refractivity contribution in [3.8, 4) is 0 Å². The van der Waals surface area contributed by atoms with Gasteiger partial charge >= 0.3 is 6.03 Å². The van der Waals surface area contributed by atoms with E-state index in [-0.39, 0.29) is 0 Å². The molecular weight excluding hydrogens is 352 g/mol. The molecule has 1 aliphatic rings. The Balaban J connectivity index is 1.73. The van der Waals surface area contributed by atoms with Gasteiger partial charge in [0, 0.05) is 31.0 Å². The smallest absolute Gasteiger partial charge is 0.321 e. The summed E-state index contributed by atoms with van der Waals surface area (Å²) in [6.45, 7) is 4.45. The Labute approximate surface area is 166 Å². The molecule has 3 amide bonds. The van der Waals surface area contributed by atoms with Gasteiger partial charge in [-0.05, 0) is 56.0 Å². The highest BCUT2D eigenvalue weighted by Gasteiger charge is 2.22. The molecule has 148 valence electrons. The molecular formula is C22H28N4O2. The Morgan fingerprint density at radius 3 is 2.29 bits per heavy atom. The molecule has 0 aliphatic carbocycles. The van der Waals surface area contributed by atoms with E-state index in [1.807, 2.05) is 42.5 Å². The molecule has 6 heteroatoms. The number of carbonyl (C=O) groups is 2. The van der Waals surface area contributed by atoms with Crippen LogP contribution >= 0.6 is 0 Å². The summed E-state index contributed by atoms with van der Waals surface area (Å²) < 4.78 is 0. The zero-order chi connectivity index (χ0) is 19.8. The topological polar surface area (TPSA) is 73.5 Å². The summed E-state index contributed by atoms with van der Waals surface area (Å²) in [5, 5.41) is 8.25. The largest absolute Gasteiger partial charge is 0.372 e. The van der Waals surface area contributed by atoms with Gasteiger partial charge in [-0.2, -0.15) is 0 Å². The molecule has 0 bridgehead atoms. The van der Waals surface area contributed by atoms with Crippen molar-refractivity contribution in [1.82, 2.24) is 10.6 Å². The molecule has 3 N–H and O–H groups in total. The first-order valence-corrected chi connectivity index (χ1v) is 9.92. The molecule has 2 aromatic carbocycles. The van der Waals surface area contributed by atoms with Crippen molar-refractivity contribution >= 4 is 23.3 Å². The Morgan fingerprint density at radius 2 is 1.64 bits per heavy atom. The molecule has 1 atom stereocenters. The fourth-order valence-corrected chi connectivity index (χ4v) is 3.42. The van der Waals surface area contributed by atoms with Crippen molar-refractivity contribution in [2.75, 3.05) is 29.9 Å². The molecule has 0 spiro atoms. The fraction of sp³-hybridized carbons (Fsp3) is 0.364. The van der Waals surface area contributed by atoms with E-state index in [2.05, 4.69) is 33.0 Å². The van der Waals surface area contributed by atoms with E-state index in [1.54, 1.807) is 6.92 Å². The van der Waals surface area contributed by atoms with Crippen LogP contribution in [0, 0.1) is 0 Å². The van der Waals surface area contributed by atoms with Crippen molar-refractivity contribution in [2.24, 2.45) is 0 Å². The van der Waals surface area contributed by atoms with Crippen molar-refractivity contribution in [1.29, 1.82) is 0 Å². The lowest BCUT2D eigenvalue weighted by Gasteiger charge is -2.29. The minimum Gasteiger partial charge on any atom is -0.372 e. The average molecular weight is 380 g/mol. The van der Waals surface area contributed by atoms with Crippen LogP contribution in [0.25, 0.3) is 0 Å². The van der Waals surface area contributed by atoms with Crippen molar-refractivity contribution < 1.29 is 9.59 Å². The minimum absolute atomic E-state index is 0.391. The average Bonchev–Trinajstić information content (AvgIpc) is 2.74. The number of urea groups is 1. The quantitative estimate of drug-likeness (QED) is 0.715. The second-order valence-corrected chi connectivity index (χ2v) is 6.93. The number of hydrogen-bond acceptors (Lipinski definition) is 4.